The summed E-state index contributed by atoms with van der Waals surface area (Å²) in [5, 5.41) is 0. The number of hydrogen-bond acceptors (Lipinski definition) is 0. The van der Waals surface area contributed by atoms with Crippen molar-refractivity contribution in [3.8, 4) is 0 Å². The van der Waals surface area contributed by atoms with E-state index in [0.717, 1.165) is 5.92 Å². The van der Waals surface area contributed by atoms with E-state index < -0.39 is 0 Å². The van der Waals surface area contributed by atoms with Crippen molar-refractivity contribution in [3.05, 3.63) is 45.6 Å². The quantitative estimate of drug-likeness (QED) is 0.500. The lowest BCUT2D eigenvalue weighted by Crippen LogP contribution is -1.98. The van der Waals surface area contributed by atoms with Crippen LogP contribution in [0.25, 0.3) is 0 Å². The summed E-state index contributed by atoms with van der Waals surface area (Å²) in [6.45, 7) is 4.29. The van der Waals surface area contributed by atoms with Crippen molar-refractivity contribution >= 4 is 22.6 Å². The molecule has 0 N–H and O–H groups in total. The molecule has 0 atom stereocenters. The fourth-order valence-corrected chi connectivity index (χ4v) is 3.40. The van der Waals surface area contributed by atoms with Crippen LogP contribution in [-0.2, 0) is 6.42 Å². The lowest BCUT2D eigenvalue weighted by Gasteiger charge is -2.13. The minimum atomic E-state index is 0.838. The fraction of sp³-hybridized carbons (Fsp3) is 0.500. The first-order valence-electron chi connectivity index (χ1n) is 6.68. The summed E-state index contributed by atoms with van der Waals surface area (Å²) >= 11 is 2.43. The smallest absolute Gasteiger partial charge is 0.0162 e. The molecule has 0 aliphatic heterocycles. The normalized spacial score (nSPS) is 16.3. The van der Waals surface area contributed by atoms with Crippen LogP contribution < -0.4 is 0 Å². The molecule has 1 heteroatoms. The Morgan fingerprint density at radius 3 is 2.65 bits per heavy atom. The standard InChI is InChI=1S/C16H21I/c1-13(14-8-2-3-9-14)7-6-11-15-10-4-5-12-16(15)17/h4-5,10,12,14H,1-3,6-9,11H2. The van der Waals surface area contributed by atoms with Gasteiger partial charge in [0.1, 0.15) is 0 Å². The number of rotatable bonds is 5. The Hall–Kier alpha value is -0.310. The maximum Gasteiger partial charge on any atom is 0.0162 e. The zero-order valence-electron chi connectivity index (χ0n) is 10.4. The molecular weight excluding hydrogens is 319 g/mol. The van der Waals surface area contributed by atoms with Gasteiger partial charge in [-0.2, -0.15) is 0 Å². The molecular formula is C16H21I. The van der Waals surface area contributed by atoms with Gasteiger partial charge in [0.2, 0.25) is 0 Å². The van der Waals surface area contributed by atoms with Crippen LogP contribution in [0.15, 0.2) is 36.4 Å². The summed E-state index contributed by atoms with van der Waals surface area (Å²) in [6, 6.07) is 8.70. The van der Waals surface area contributed by atoms with Gasteiger partial charge in [0.25, 0.3) is 0 Å². The van der Waals surface area contributed by atoms with Crippen LogP contribution in [-0.4, -0.2) is 0 Å². The Morgan fingerprint density at radius 2 is 1.94 bits per heavy atom. The zero-order chi connectivity index (χ0) is 12.1. The van der Waals surface area contributed by atoms with Crippen LogP contribution in [0.5, 0.6) is 0 Å². The predicted molar refractivity (Wildman–Crippen MR) is 83.2 cm³/mol. The largest absolute Gasteiger partial charge is 0.0996 e. The third-order valence-electron chi connectivity index (χ3n) is 3.83. The average molecular weight is 340 g/mol. The summed E-state index contributed by atoms with van der Waals surface area (Å²) in [4.78, 5) is 0. The van der Waals surface area contributed by atoms with Crippen molar-refractivity contribution in [3.63, 3.8) is 0 Å². The molecule has 1 saturated carbocycles. The van der Waals surface area contributed by atoms with Crippen molar-refractivity contribution in [1.29, 1.82) is 0 Å². The fourth-order valence-electron chi connectivity index (χ4n) is 2.75. The third-order valence-corrected chi connectivity index (χ3v) is 4.89. The maximum atomic E-state index is 4.29. The van der Waals surface area contributed by atoms with Crippen molar-refractivity contribution in [1.82, 2.24) is 0 Å². The second-order valence-corrected chi connectivity index (χ2v) is 6.25. The van der Waals surface area contributed by atoms with Gasteiger partial charge in [-0.3, -0.25) is 0 Å². The number of hydrogen-bond donors (Lipinski definition) is 0. The minimum Gasteiger partial charge on any atom is -0.0996 e. The SMILES string of the molecule is C=C(CCCc1ccccc1I)C1CCCC1. The first-order valence-corrected chi connectivity index (χ1v) is 7.76. The molecule has 92 valence electrons. The monoisotopic (exact) mass is 340 g/mol. The van der Waals surface area contributed by atoms with Crippen LogP contribution in [0.4, 0.5) is 0 Å². The molecule has 0 nitrogen and oxygen atoms in total. The molecule has 1 fully saturated rings. The Kier molecular flexibility index (Phi) is 5.08. The Balaban J connectivity index is 1.76. The summed E-state index contributed by atoms with van der Waals surface area (Å²) in [7, 11) is 0. The van der Waals surface area contributed by atoms with Crippen LogP contribution in [0.1, 0.15) is 44.1 Å². The minimum absolute atomic E-state index is 0.838. The second kappa shape index (κ2) is 6.58. The summed E-state index contributed by atoms with van der Waals surface area (Å²) in [6.07, 6.45) is 9.29. The average Bonchev–Trinajstić information content (AvgIpc) is 2.85. The van der Waals surface area contributed by atoms with Crippen LogP contribution in [0, 0.1) is 9.49 Å². The second-order valence-electron chi connectivity index (χ2n) is 5.08. The molecule has 2 rings (SSSR count). The molecule has 17 heavy (non-hydrogen) atoms. The van der Waals surface area contributed by atoms with Gasteiger partial charge in [-0.05, 0) is 72.2 Å². The summed E-state index contributed by atoms with van der Waals surface area (Å²) in [5.74, 6) is 0.838. The van der Waals surface area contributed by atoms with E-state index >= 15 is 0 Å². The lowest BCUT2D eigenvalue weighted by molar-refractivity contribution is 0.601. The van der Waals surface area contributed by atoms with Gasteiger partial charge in [-0.1, -0.05) is 43.2 Å². The van der Waals surface area contributed by atoms with Crippen LogP contribution >= 0.6 is 22.6 Å². The number of benzene rings is 1. The molecule has 0 radical (unpaired) electrons. The highest BCUT2D eigenvalue weighted by Gasteiger charge is 2.17. The lowest BCUT2D eigenvalue weighted by atomic mass is 9.94. The van der Waals surface area contributed by atoms with E-state index in [0.29, 0.717) is 0 Å². The van der Waals surface area contributed by atoms with E-state index in [9.17, 15) is 0 Å². The molecule has 0 bridgehead atoms. The van der Waals surface area contributed by atoms with E-state index in [1.807, 2.05) is 0 Å². The van der Waals surface area contributed by atoms with E-state index in [-0.39, 0.29) is 0 Å². The van der Waals surface area contributed by atoms with Gasteiger partial charge in [0.05, 0.1) is 0 Å². The highest BCUT2D eigenvalue weighted by molar-refractivity contribution is 14.1. The maximum absolute atomic E-state index is 4.29. The highest BCUT2D eigenvalue weighted by atomic mass is 127. The van der Waals surface area contributed by atoms with E-state index in [4.69, 9.17) is 0 Å². The number of allylic oxidation sites excluding steroid dienone is 1. The molecule has 1 aliphatic carbocycles. The van der Waals surface area contributed by atoms with Gasteiger partial charge in [0, 0.05) is 3.57 Å². The number of halogens is 1. The first-order chi connectivity index (χ1) is 8.27. The van der Waals surface area contributed by atoms with Gasteiger partial charge < -0.3 is 0 Å². The van der Waals surface area contributed by atoms with Crippen molar-refractivity contribution in [2.24, 2.45) is 5.92 Å². The molecule has 1 aromatic carbocycles. The molecule has 0 unspecified atom stereocenters. The molecule has 0 aromatic heterocycles. The molecule has 1 aliphatic rings. The van der Waals surface area contributed by atoms with Crippen molar-refractivity contribution < 1.29 is 0 Å². The van der Waals surface area contributed by atoms with Gasteiger partial charge >= 0.3 is 0 Å². The van der Waals surface area contributed by atoms with E-state index in [1.165, 1.54) is 59.7 Å². The summed E-state index contributed by atoms with van der Waals surface area (Å²) in [5.41, 5.74) is 3.00. The van der Waals surface area contributed by atoms with E-state index in [1.54, 1.807) is 0 Å². The van der Waals surface area contributed by atoms with Crippen LogP contribution in [0.3, 0.4) is 0 Å². The number of aryl methyl sites for hydroxylation is 1. The van der Waals surface area contributed by atoms with Crippen molar-refractivity contribution in [2.75, 3.05) is 0 Å². The molecule has 1 aromatic rings. The Morgan fingerprint density at radius 1 is 1.24 bits per heavy atom. The summed E-state index contributed by atoms with van der Waals surface area (Å²) < 4.78 is 1.40. The van der Waals surface area contributed by atoms with Gasteiger partial charge in [0.15, 0.2) is 0 Å². The first kappa shape index (κ1) is 13.1. The predicted octanol–water partition coefficient (Wildman–Crippen LogP) is 5.36. The molecule has 0 amide bonds. The van der Waals surface area contributed by atoms with Gasteiger partial charge in [-0.15, -0.1) is 0 Å². The van der Waals surface area contributed by atoms with Crippen molar-refractivity contribution in [2.45, 2.75) is 44.9 Å². The topological polar surface area (TPSA) is 0 Å². The Labute approximate surface area is 119 Å². The zero-order valence-corrected chi connectivity index (χ0v) is 12.6. The highest BCUT2D eigenvalue weighted by Crippen LogP contribution is 2.32. The molecule has 0 spiro atoms. The molecule has 0 saturated heterocycles. The molecule has 0 heterocycles. The van der Waals surface area contributed by atoms with Gasteiger partial charge in [-0.25, -0.2) is 0 Å². The van der Waals surface area contributed by atoms with E-state index in [2.05, 4.69) is 53.4 Å². The Bertz CT molecular complexity index is 375. The third kappa shape index (κ3) is 3.84. The van der Waals surface area contributed by atoms with Crippen LogP contribution in [0.2, 0.25) is 0 Å².